The summed E-state index contributed by atoms with van der Waals surface area (Å²) in [5.74, 6) is 0.651. The van der Waals surface area contributed by atoms with E-state index < -0.39 is 30.0 Å². The second kappa shape index (κ2) is 21.2. The van der Waals surface area contributed by atoms with E-state index in [1.807, 2.05) is 97.1 Å². The predicted molar refractivity (Wildman–Crippen MR) is 307 cm³/mol. The van der Waals surface area contributed by atoms with Gasteiger partial charge in [0.15, 0.2) is 27.7 Å². The van der Waals surface area contributed by atoms with Gasteiger partial charge in [-0.05, 0) is 131 Å². The lowest BCUT2D eigenvalue weighted by molar-refractivity contribution is 0.480. The molecule has 12 aromatic rings. The first-order valence-electron chi connectivity index (χ1n) is 22.1. The van der Waals surface area contributed by atoms with E-state index in [4.69, 9.17) is 39.9 Å². The number of nitrogens with zero attached hydrogens (tertiary/aromatic N) is 8. The minimum absolute atomic E-state index is 0.0238. The number of hydrogen-bond donors (Lipinski definition) is 4. The number of fused-ring (bicyclic) bond motifs is 4. The van der Waals surface area contributed by atoms with Crippen LogP contribution in [0.3, 0.4) is 0 Å². The average molecular weight is 1190 g/mol. The van der Waals surface area contributed by atoms with E-state index >= 15 is 0 Å². The molecule has 0 bridgehead atoms. The molecule has 4 N–H and O–H groups in total. The number of aromatic nitrogens is 8. The Morgan fingerprint density at radius 3 is 1.05 bits per heavy atom. The summed E-state index contributed by atoms with van der Waals surface area (Å²) < 4.78 is 80.1. The number of benzene rings is 6. The summed E-state index contributed by atoms with van der Waals surface area (Å²) in [5, 5.41) is 8.23. The maximum absolute atomic E-state index is 13.0. The molecule has 6 aromatic heterocycles. The standard InChI is InChI=1S/C50H30N10O6S10/c61-75(62,63)39-23-29(51-41-25-43(71-47-53-31-9-1-5-13-35(31)67-47)59-45(57-41)73-49-55-33-11-3-7-15-37(33)69-49)21-19-27(39)17-18-28-20-22-30(24-40(28)76(64,65)66)52-42-26-44(72-48-54-32-10-2-6-14-36(32)68-48)60-46(58-42)74-50-56-34-12-4-8-16-38(34)70-50/h1-26H,(H,51,57,59)(H,52,58,60)(H,61,62,63)(H,64,65,66). The van der Waals surface area contributed by atoms with E-state index in [0.717, 1.165) is 58.2 Å². The lowest BCUT2D eigenvalue weighted by atomic mass is 10.1. The van der Waals surface area contributed by atoms with Gasteiger partial charge in [-0.2, -0.15) is 16.8 Å². The molecule has 26 heteroatoms. The van der Waals surface area contributed by atoms with Gasteiger partial charge in [0.1, 0.15) is 31.5 Å². The largest absolute Gasteiger partial charge is 0.340 e. The molecule has 0 aliphatic carbocycles. The molecule has 6 heterocycles. The lowest BCUT2D eigenvalue weighted by Crippen LogP contribution is -2.04. The van der Waals surface area contributed by atoms with E-state index in [9.17, 15) is 25.9 Å². The van der Waals surface area contributed by atoms with E-state index in [0.29, 0.717) is 32.0 Å². The molecule has 0 amide bonds. The number of anilines is 4. The number of hydrogen-bond acceptors (Lipinski definition) is 22. The first kappa shape index (κ1) is 50.4. The minimum atomic E-state index is -4.86. The second-order valence-corrected chi connectivity index (χ2v) is 27.9. The van der Waals surface area contributed by atoms with Crippen LogP contribution in [0, 0.1) is 0 Å². The number of nitrogens with one attached hydrogen (secondary N) is 2. The fourth-order valence-electron chi connectivity index (χ4n) is 7.47. The van der Waals surface area contributed by atoms with Crippen molar-refractivity contribution in [3.05, 3.63) is 157 Å². The molecule has 0 aliphatic heterocycles. The predicted octanol–water partition coefficient (Wildman–Crippen LogP) is 14.5. The fraction of sp³-hybridized carbons (Fsp3) is 0. The van der Waals surface area contributed by atoms with Crippen LogP contribution in [0.5, 0.6) is 0 Å². The van der Waals surface area contributed by atoms with Crippen LogP contribution in [0.4, 0.5) is 23.0 Å². The Morgan fingerprint density at radius 1 is 0.395 bits per heavy atom. The molecule has 6 aromatic carbocycles. The van der Waals surface area contributed by atoms with Crippen molar-refractivity contribution in [2.24, 2.45) is 0 Å². The highest BCUT2D eigenvalue weighted by Gasteiger charge is 2.21. The molecular weight excluding hydrogens is 1160 g/mol. The summed E-state index contributed by atoms with van der Waals surface area (Å²) >= 11 is 11.3. The molecule has 0 radical (unpaired) electrons. The van der Waals surface area contributed by atoms with Crippen LogP contribution >= 0.6 is 92.4 Å². The molecule has 0 spiro atoms. The van der Waals surface area contributed by atoms with Gasteiger partial charge in [-0.1, -0.05) is 72.8 Å². The third kappa shape index (κ3) is 11.6. The second-order valence-electron chi connectivity index (χ2n) is 16.0. The molecule has 76 heavy (non-hydrogen) atoms. The van der Waals surface area contributed by atoms with Crippen LogP contribution in [0.15, 0.2) is 193 Å². The topological polar surface area (TPSA) is 236 Å². The number of para-hydroxylation sites is 4. The van der Waals surface area contributed by atoms with Crippen LogP contribution < -0.4 is 10.6 Å². The quantitative estimate of drug-likeness (QED) is 0.0304. The summed E-state index contributed by atoms with van der Waals surface area (Å²) in [5.41, 5.74) is 3.98. The Kier molecular flexibility index (Phi) is 14.1. The molecular formula is C50H30N10O6S10. The molecule has 16 nitrogen and oxygen atoms in total. The highest BCUT2D eigenvalue weighted by Crippen LogP contribution is 2.41. The maximum Gasteiger partial charge on any atom is 0.295 e. The molecule has 12 rings (SSSR count). The zero-order valence-corrected chi connectivity index (χ0v) is 46.4. The number of thiazole rings is 4. The Morgan fingerprint density at radius 2 is 0.724 bits per heavy atom. The summed E-state index contributed by atoms with van der Waals surface area (Å²) in [6, 6.07) is 43.2. The van der Waals surface area contributed by atoms with Gasteiger partial charge in [-0.3, -0.25) is 9.11 Å². The SMILES string of the molecule is O=S(=O)(O)c1cc(Nc2cc(Sc3nc4ccccc4s3)nc(Sc3nc4ccccc4s3)n2)ccc1C=Cc1ccc(Nc2cc(Sc3nc4ccccc4s3)nc(Sc3nc4ccccc4s3)n2)cc1S(=O)(=O)O. The smallest absolute Gasteiger partial charge is 0.295 e. The Labute approximate surface area is 465 Å². The van der Waals surface area contributed by atoms with E-state index in [1.54, 1.807) is 24.3 Å². The zero-order chi connectivity index (χ0) is 52.0. The molecule has 0 unspecified atom stereocenters. The van der Waals surface area contributed by atoms with Gasteiger partial charge in [0.2, 0.25) is 0 Å². The highest BCUT2D eigenvalue weighted by atomic mass is 32.2. The summed E-state index contributed by atoms with van der Waals surface area (Å²) in [6.07, 6.45) is 2.66. The maximum atomic E-state index is 13.0. The van der Waals surface area contributed by atoms with Crippen LogP contribution in [0.25, 0.3) is 53.0 Å². The normalized spacial score (nSPS) is 12.2. The average Bonchev–Trinajstić information content (AvgIpc) is 4.22. The van der Waals surface area contributed by atoms with E-state index in [1.165, 1.54) is 129 Å². The van der Waals surface area contributed by atoms with Crippen molar-refractivity contribution in [2.45, 2.75) is 47.5 Å². The molecule has 0 aliphatic rings. The van der Waals surface area contributed by atoms with Crippen LogP contribution in [-0.4, -0.2) is 65.8 Å². The Balaban J connectivity index is 0.826. The zero-order valence-electron chi connectivity index (χ0n) is 38.2. The van der Waals surface area contributed by atoms with Crippen LogP contribution in [0.1, 0.15) is 11.1 Å². The number of rotatable bonds is 16. The molecule has 0 saturated carbocycles. The van der Waals surface area contributed by atoms with E-state index in [-0.39, 0.29) is 22.5 Å². The van der Waals surface area contributed by atoms with Gasteiger partial charge >= 0.3 is 0 Å². The van der Waals surface area contributed by atoms with Gasteiger partial charge < -0.3 is 10.6 Å². The first-order chi connectivity index (χ1) is 36.8. The molecule has 0 atom stereocenters. The van der Waals surface area contributed by atoms with Gasteiger partial charge in [0.05, 0.1) is 40.9 Å². The Hall–Kier alpha value is -6.40. The third-order valence-electron chi connectivity index (χ3n) is 10.8. The summed E-state index contributed by atoms with van der Waals surface area (Å²) in [4.78, 5) is 37.1. The van der Waals surface area contributed by atoms with Crippen molar-refractivity contribution in [1.82, 2.24) is 39.9 Å². The van der Waals surface area contributed by atoms with Crippen molar-refractivity contribution < 1.29 is 25.9 Å². The highest BCUT2D eigenvalue weighted by molar-refractivity contribution is 8.02. The van der Waals surface area contributed by atoms with Gasteiger partial charge in [-0.15, -0.1) is 45.3 Å². The summed E-state index contributed by atoms with van der Waals surface area (Å²) in [6.45, 7) is 0. The minimum Gasteiger partial charge on any atom is -0.340 e. The van der Waals surface area contributed by atoms with Crippen LogP contribution in [0.2, 0.25) is 0 Å². The lowest BCUT2D eigenvalue weighted by Gasteiger charge is -2.12. The van der Waals surface area contributed by atoms with Crippen molar-refractivity contribution in [3.8, 4) is 0 Å². The van der Waals surface area contributed by atoms with Crippen molar-refractivity contribution in [2.75, 3.05) is 10.6 Å². The monoisotopic (exact) mass is 1190 g/mol. The van der Waals surface area contributed by atoms with Gasteiger partial charge in [-0.25, -0.2) is 39.9 Å². The van der Waals surface area contributed by atoms with Crippen molar-refractivity contribution in [3.63, 3.8) is 0 Å². The molecule has 0 fully saturated rings. The molecule has 376 valence electrons. The van der Waals surface area contributed by atoms with Gasteiger partial charge in [0.25, 0.3) is 20.2 Å². The van der Waals surface area contributed by atoms with Crippen molar-refractivity contribution in [1.29, 1.82) is 0 Å². The van der Waals surface area contributed by atoms with Crippen molar-refractivity contribution >= 4 is 189 Å². The van der Waals surface area contributed by atoms with Gasteiger partial charge in [0, 0.05) is 23.5 Å². The van der Waals surface area contributed by atoms with E-state index in [2.05, 4.69) is 10.6 Å². The third-order valence-corrected chi connectivity index (χ3v) is 20.5. The fourth-order valence-corrected chi connectivity index (χ4v) is 16.9. The first-order valence-corrected chi connectivity index (χ1v) is 31.5. The van der Waals surface area contributed by atoms with Crippen LogP contribution in [-0.2, 0) is 20.2 Å². The Bertz CT molecular complexity index is 3890. The summed E-state index contributed by atoms with van der Waals surface area (Å²) in [7, 11) is -9.73. The molecule has 0 saturated heterocycles.